The third-order valence-electron chi connectivity index (χ3n) is 3.85. The first kappa shape index (κ1) is 15.8. The SMILES string of the molecule is CCCC1CC(Nc2cccc(F)c2)(C(=O)OC)CCO1. The van der Waals surface area contributed by atoms with E-state index in [1.54, 1.807) is 12.1 Å². The Morgan fingerprint density at radius 2 is 2.38 bits per heavy atom. The summed E-state index contributed by atoms with van der Waals surface area (Å²) in [5.41, 5.74) is -0.266. The second-order valence-electron chi connectivity index (χ2n) is 5.44. The molecule has 0 radical (unpaired) electrons. The van der Waals surface area contributed by atoms with Gasteiger partial charge >= 0.3 is 5.97 Å². The molecule has 1 N–H and O–H groups in total. The summed E-state index contributed by atoms with van der Waals surface area (Å²) in [6.07, 6.45) is 2.94. The van der Waals surface area contributed by atoms with Crippen LogP contribution in [0.15, 0.2) is 24.3 Å². The molecular formula is C16H22FNO3. The van der Waals surface area contributed by atoms with E-state index in [-0.39, 0.29) is 17.9 Å². The molecule has 1 aliphatic heterocycles. The predicted molar refractivity (Wildman–Crippen MR) is 78.7 cm³/mol. The highest BCUT2D eigenvalue weighted by molar-refractivity contribution is 5.84. The van der Waals surface area contributed by atoms with Gasteiger partial charge in [0.15, 0.2) is 0 Å². The molecule has 5 heteroatoms. The maximum absolute atomic E-state index is 13.3. The van der Waals surface area contributed by atoms with E-state index in [2.05, 4.69) is 12.2 Å². The van der Waals surface area contributed by atoms with Gasteiger partial charge in [0, 0.05) is 25.1 Å². The molecule has 1 aliphatic rings. The number of hydrogen-bond donors (Lipinski definition) is 1. The van der Waals surface area contributed by atoms with Gasteiger partial charge in [0.05, 0.1) is 13.2 Å². The topological polar surface area (TPSA) is 47.6 Å². The summed E-state index contributed by atoms with van der Waals surface area (Å²) in [6, 6.07) is 6.12. The lowest BCUT2D eigenvalue weighted by molar-refractivity contribution is -0.151. The predicted octanol–water partition coefficient (Wildman–Crippen LogP) is 3.13. The minimum Gasteiger partial charge on any atom is -0.467 e. The fourth-order valence-corrected chi connectivity index (χ4v) is 2.84. The molecule has 1 aromatic rings. The van der Waals surface area contributed by atoms with Crippen LogP contribution < -0.4 is 5.32 Å². The van der Waals surface area contributed by atoms with E-state index in [0.29, 0.717) is 25.1 Å². The summed E-state index contributed by atoms with van der Waals surface area (Å²) in [7, 11) is 1.38. The average Bonchev–Trinajstić information content (AvgIpc) is 2.47. The molecule has 0 amide bonds. The molecule has 1 heterocycles. The molecule has 21 heavy (non-hydrogen) atoms. The highest BCUT2D eigenvalue weighted by atomic mass is 19.1. The number of rotatable bonds is 5. The number of benzene rings is 1. The third kappa shape index (κ3) is 3.73. The first-order valence-electron chi connectivity index (χ1n) is 7.33. The van der Waals surface area contributed by atoms with Gasteiger partial charge in [-0.2, -0.15) is 0 Å². The van der Waals surface area contributed by atoms with Crippen LogP contribution in [0, 0.1) is 5.82 Å². The van der Waals surface area contributed by atoms with Gasteiger partial charge in [-0.3, -0.25) is 0 Å². The van der Waals surface area contributed by atoms with E-state index in [4.69, 9.17) is 9.47 Å². The Morgan fingerprint density at radius 1 is 1.57 bits per heavy atom. The molecule has 4 nitrogen and oxygen atoms in total. The van der Waals surface area contributed by atoms with Gasteiger partial charge in [0.25, 0.3) is 0 Å². The molecule has 0 bridgehead atoms. The Hall–Kier alpha value is -1.62. The van der Waals surface area contributed by atoms with Crippen molar-refractivity contribution < 1.29 is 18.7 Å². The number of ether oxygens (including phenoxy) is 2. The fourth-order valence-electron chi connectivity index (χ4n) is 2.84. The Balaban J connectivity index is 2.22. The average molecular weight is 295 g/mol. The summed E-state index contributed by atoms with van der Waals surface area (Å²) in [6.45, 7) is 2.57. The lowest BCUT2D eigenvalue weighted by Crippen LogP contribution is -2.53. The van der Waals surface area contributed by atoms with Crippen molar-refractivity contribution in [1.29, 1.82) is 0 Å². The summed E-state index contributed by atoms with van der Waals surface area (Å²) < 4.78 is 24.0. The van der Waals surface area contributed by atoms with Crippen molar-refractivity contribution in [3.05, 3.63) is 30.1 Å². The maximum atomic E-state index is 13.3. The number of nitrogens with one attached hydrogen (secondary N) is 1. The molecular weight excluding hydrogens is 273 g/mol. The highest BCUT2D eigenvalue weighted by Gasteiger charge is 2.44. The summed E-state index contributed by atoms with van der Waals surface area (Å²) >= 11 is 0. The zero-order chi connectivity index (χ0) is 15.3. The van der Waals surface area contributed by atoms with E-state index >= 15 is 0 Å². The van der Waals surface area contributed by atoms with Crippen LogP contribution in [0.4, 0.5) is 10.1 Å². The molecule has 0 spiro atoms. The molecule has 1 saturated heterocycles. The zero-order valence-corrected chi connectivity index (χ0v) is 12.5. The van der Waals surface area contributed by atoms with Gasteiger partial charge in [-0.1, -0.05) is 19.4 Å². The number of carbonyl (C=O) groups excluding carboxylic acids is 1. The number of hydrogen-bond acceptors (Lipinski definition) is 4. The quantitative estimate of drug-likeness (QED) is 0.848. The maximum Gasteiger partial charge on any atom is 0.331 e. The van der Waals surface area contributed by atoms with Crippen LogP contribution in [0.5, 0.6) is 0 Å². The summed E-state index contributed by atoms with van der Waals surface area (Å²) in [5, 5.41) is 3.18. The standard InChI is InChI=1S/C16H22FNO3/c1-3-5-14-11-16(8-9-21-14,15(19)20-2)18-13-7-4-6-12(17)10-13/h4,6-7,10,14,18H,3,5,8-9,11H2,1-2H3. The number of methoxy groups -OCH3 is 1. The van der Waals surface area contributed by atoms with Crippen molar-refractivity contribution in [2.45, 2.75) is 44.2 Å². The van der Waals surface area contributed by atoms with Gasteiger partial charge in [-0.05, 0) is 24.6 Å². The molecule has 116 valence electrons. The van der Waals surface area contributed by atoms with Crippen molar-refractivity contribution in [2.24, 2.45) is 0 Å². The largest absolute Gasteiger partial charge is 0.467 e. The molecule has 0 aromatic heterocycles. The first-order valence-corrected chi connectivity index (χ1v) is 7.33. The van der Waals surface area contributed by atoms with Crippen LogP contribution in [0.2, 0.25) is 0 Å². The number of halogens is 1. The van der Waals surface area contributed by atoms with E-state index in [1.807, 2.05) is 0 Å². The lowest BCUT2D eigenvalue weighted by Gasteiger charge is -2.39. The summed E-state index contributed by atoms with van der Waals surface area (Å²) in [4.78, 5) is 12.3. The Labute approximate surface area is 124 Å². The van der Waals surface area contributed by atoms with Crippen LogP contribution in [0.3, 0.4) is 0 Å². The van der Waals surface area contributed by atoms with Crippen LogP contribution in [0.1, 0.15) is 32.6 Å². The van der Waals surface area contributed by atoms with Gasteiger partial charge in [0.2, 0.25) is 0 Å². The molecule has 0 saturated carbocycles. The Morgan fingerprint density at radius 3 is 3.05 bits per heavy atom. The molecule has 2 atom stereocenters. The second kappa shape index (κ2) is 6.89. The van der Waals surface area contributed by atoms with Gasteiger partial charge in [-0.25, -0.2) is 9.18 Å². The Kier molecular flexibility index (Phi) is 5.17. The van der Waals surface area contributed by atoms with E-state index < -0.39 is 5.54 Å². The molecule has 1 fully saturated rings. The number of esters is 1. The van der Waals surface area contributed by atoms with Crippen molar-refractivity contribution in [3.63, 3.8) is 0 Å². The third-order valence-corrected chi connectivity index (χ3v) is 3.85. The first-order chi connectivity index (χ1) is 10.1. The minimum atomic E-state index is -0.847. The summed E-state index contributed by atoms with van der Waals surface area (Å²) in [5.74, 6) is -0.659. The molecule has 0 aliphatic carbocycles. The lowest BCUT2D eigenvalue weighted by atomic mass is 9.85. The Bertz CT molecular complexity index is 492. The van der Waals surface area contributed by atoms with E-state index in [0.717, 1.165) is 12.8 Å². The van der Waals surface area contributed by atoms with Crippen LogP contribution in [-0.4, -0.2) is 31.3 Å². The van der Waals surface area contributed by atoms with Gasteiger partial charge in [0.1, 0.15) is 11.4 Å². The smallest absolute Gasteiger partial charge is 0.331 e. The van der Waals surface area contributed by atoms with Crippen LogP contribution in [0.25, 0.3) is 0 Å². The van der Waals surface area contributed by atoms with Crippen molar-refractivity contribution in [3.8, 4) is 0 Å². The molecule has 1 aromatic carbocycles. The molecule has 2 unspecified atom stereocenters. The van der Waals surface area contributed by atoms with Crippen LogP contribution in [-0.2, 0) is 14.3 Å². The van der Waals surface area contributed by atoms with Crippen LogP contribution >= 0.6 is 0 Å². The monoisotopic (exact) mass is 295 g/mol. The fraction of sp³-hybridized carbons (Fsp3) is 0.562. The number of anilines is 1. The minimum absolute atomic E-state index is 0.0175. The van der Waals surface area contributed by atoms with Crippen molar-refractivity contribution in [2.75, 3.05) is 19.0 Å². The molecule has 2 rings (SSSR count). The normalized spacial score (nSPS) is 25.4. The zero-order valence-electron chi connectivity index (χ0n) is 12.5. The van der Waals surface area contributed by atoms with E-state index in [1.165, 1.54) is 19.2 Å². The number of carbonyl (C=O) groups is 1. The second-order valence-corrected chi connectivity index (χ2v) is 5.44. The van der Waals surface area contributed by atoms with Crippen molar-refractivity contribution >= 4 is 11.7 Å². The van der Waals surface area contributed by atoms with Gasteiger partial charge in [-0.15, -0.1) is 0 Å². The highest BCUT2D eigenvalue weighted by Crippen LogP contribution is 2.32. The van der Waals surface area contributed by atoms with Gasteiger partial charge < -0.3 is 14.8 Å². The van der Waals surface area contributed by atoms with Crippen molar-refractivity contribution in [1.82, 2.24) is 0 Å². The van der Waals surface area contributed by atoms with E-state index in [9.17, 15) is 9.18 Å².